The molecule has 0 saturated heterocycles. The Bertz CT molecular complexity index is 1810. The van der Waals surface area contributed by atoms with E-state index in [-0.39, 0.29) is 41.0 Å². The number of nitriles is 1. The number of alkyl carbamates (subject to hydrolysis) is 1. The average Bonchev–Trinajstić information content (AvgIpc) is 3.46. The lowest BCUT2D eigenvalue weighted by Gasteiger charge is -2.26. The monoisotopic (exact) mass is 762 g/mol. The Labute approximate surface area is 294 Å². The Balaban J connectivity index is 1.58. The molecular weight excluding hydrogens is 723 g/mol. The summed E-state index contributed by atoms with van der Waals surface area (Å²) < 4.78 is 18.4. The van der Waals surface area contributed by atoms with E-state index < -0.39 is 29.7 Å². The molecule has 0 saturated carbocycles. The van der Waals surface area contributed by atoms with Crippen molar-refractivity contribution in [1.82, 2.24) is 15.6 Å². The predicted octanol–water partition coefficient (Wildman–Crippen LogP) is 7.45. The molecule has 0 radical (unpaired) electrons. The van der Waals surface area contributed by atoms with Crippen molar-refractivity contribution in [3.05, 3.63) is 117 Å². The number of rotatable bonds is 12. The van der Waals surface area contributed by atoms with E-state index in [9.17, 15) is 20.0 Å². The highest BCUT2D eigenvalue weighted by atomic mass is 127. The van der Waals surface area contributed by atoms with Crippen LogP contribution >= 0.6 is 22.6 Å². The van der Waals surface area contributed by atoms with Gasteiger partial charge in [-0.2, -0.15) is 5.26 Å². The Morgan fingerprint density at radius 2 is 1.73 bits per heavy atom. The molecular formula is C37H39IN4O6. The van der Waals surface area contributed by atoms with Gasteiger partial charge in [-0.3, -0.25) is 4.79 Å². The molecule has 1 heterocycles. The van der Waals surface area contributed by atoms with E-state index in [1.165, 1.54) is 6.07 Å². The first kappa shape index (κ1) is 36.0. The highest BCUT2D eigenvalue weighted by Gasteiger charge is 2.31. The van der Waals surface area contributed by atoms with E-state index in [2.05, 4.69) is 44.8 Å². The number of carbonyl (C=O) groups is 2. The molecule has 0 fully saturated rings. The molecule has 3 aromatic carbocycles. The maximum absolute atomic E-state index is 13.9. The maximum Gasteiger partial charge on any atom is 0.408 e. The van der Waals surface area contributed by atoms with Crippen LogP contribution < -0.4 is 15.4 Å². The molecule has 10 nitrogen and oxygen atoms in total. The second-order valence-corrected chi connectivity index (χ2v) is 13.7. The van der Waals surface area contributed by atoms with Crippen molar-refractivity contribution < 1.29 is 28.6 Å². The largest absolute Gasteiger partial charge is 0.507 e. The first-order chi connectivity index (χ1) is 22.8. The molecule has 0 aliphatic rings. The minimum absolute atomic E-state index is 0.0282. The number of carbonyl (C=O) groups excluding carboxylic acids is 2. The number of aromatic hydroxyl groups is 1. The molecule has 11 heteroatoms. The number of hydrogen-bond acceptors (Lipinski definition) is 8. The van der Waals surface area contributed by atoms with Gasteiger partial charge >= 0.3 is 6.09 Å². The maximum atomic E-state index is 13.9. The number of benzene rings is 3. The van der Waals surface area contributed by atoms with Crippen molar-refractivity contribution in [1.29, 1.82) is 5.26 Å². The molecule has 4 rings (SSSR count). The molecule has 1 aromatic heterocycles. The third kappa shape index (κ3) is 9.60. The summed E-state index contributed by atoms with van der Waals surface area (Å²) in [5, 5.41) is 25.9. The van der Waals surface area contributed by atoms with Crippen molar-refractivity contribution >= 4 is 40.2 Å². The summed E-state index contributed by atoms with van der Waals surface area (Å²) in [6, 6.07) is 22.2. The fourth-order valence-electron chi connectivity index (χ4n) is 4.79. The molecule has 2 atom stereocenters. The van der Waals surface area contributed by atoms with Crippen LogP contribution in [-0.2, 0) is 22.6 Å². The first-order valence-corrected chi connectivity index (χ1v) is 16.5. The summed E-state index contributed by atoms with van der Waals surface area (Å²) in [5.41, 5.74) is 1.66. The third-order valence-electron chi connectivity index (χ3n) is 7.16. The first-order valence-electron chi connectivity index (χ1n) is 15.4. The van der Waals surface area contributed by atoms with Gasteiger partial charge in [0.15, 0.2) is 11.5 Å². The van der Waals surface area contributed by atoms with Crippen molar-refractivity contribution in [3.63, 3.8) is 0 Å². The molecule has 48 heavy (non-hydrogen) atoms. The zero-order valence-corrected chi connectivity index (χ0v) is 29.7. The van der Waals surface area contributed by atoms with E-state index in [4.69, 9.17) is 13.9 Å². The van der Waals surface area contributed by atoms with Crippen LogP contribution in [0.2, 0.25) is 0 Å². The molecule has 0 aliphatic carbocycles. The second-order valence-electron chi connectivity index (χ2n) is 12.5. The van der Waals surface area contributed by atoms with Crippen LogP contribution in [0.25, 0.3) is 5.57 Å². The van der Waals surface area contributed by atoms with Gasteiger partial charge < -0.3 is 29.6 Å². The average molecular weight is 763 g/mol. The summed E-state index contributed by atoms with van der Waals surface area (Å²) in [4.78, 5) is 31.2. The van der Waals surface area contributed by atoms with Gasteiger partial charge in [0, 0.05) is 17.6 Å². The zero-order chi connectivity index (χ0) is 35.0. The molecule has 0 bridgehead atoms. The molecule has 2 amide bonds. The van der Waals surface area contributed by atoms with Gasteiger partial charge in [-0.05, 0) is 78.6 Å². The molecule has 0 aliphatic heterocycles. The number of phenols is 1. The van der Waals surface area contributed by atoms with Gasteiger partial charge in [0.2, 0.25) is 11.8 Å². The van der Waals surface area contributed by atoms with Crippen molar-refractivity contribution in [3.8, 4) is 17.6 Å². The van der Waals surface area contributed by atoms with Gasteiger partial charge in [0.05, 0.1) is 3.57 Å². The quantitative estimate of drug-likeness (QED) is 0.126. The highest BCUT2D eigenvalue weighted by Crippen LogP contribution is 2.33. The topological polar surface area (TPSA) is 147 Å². The van der Waals surface area contributed by atoms with Crippen LogP contribution in [0.15, 0.2) is 83.8 Å². The molecule has 250 valence electrons. The summed E-state index contributed by atoms with van der Waals surface area (Å²) in [6.07, 6.45) is -0.597. The lowest BCUT2D eigenvalue weighted by Crippen LogP contribution is -2.50. The van der Waals surface area contributed by atoms with E-state index in [1.807, 2.05) is 68.4 Å². The van der Waals surface area contributed by atoms with Crippen molar-refractivity contribution in [2.75, 3.05) is 0 Å². The van der Waals surface area contributed by atoms with Crippen LogP contribution in [0.5, 0.6) is 11.5 Å². The summed E-state index contributed by atoms with van der Waals surface area (Å²) in [6.45, 7) is 13.4. The highest BCUT2D eigenvalue weighted by molar-refractivity contribution is 14.1. The number of para-hydroxylation sites is 1. The van der Waals surface area contributed by atoms with Crippen LogP contribution in [0.4, 0.5) is 4.79 Å². The fraction of sp³-hybridized carbons (Fsp3) is 0.297. The number of halogens is 1. The Kier molecular flexibility index (Phi) is 11.9. The number of nitrogens with zero attached hydrogens (tertiary/aromatic N) is 2. The van der Waals surface area contributed by atoms with Gasteiger partial charge in [0.1, 0.15) is 41.9 Å². The van der Waals surface area contributed by atoms with E-state index in [0.717, 1.165) is 14.7 Å². The van der Waals surface area contributed by atoms with E-state index >= 15 is 0 Å². The normalized spacial score (nSPS) is 12.5. The SMILES string of the molecule is C=C(c1ccccc1O)c1oc(C(NC(=O)[C@H](Cc2ccc(OCc3ccccc3)c(I)c2)NC(=O)OC(C)(C)C)C(C)C)nc1C#N. The fourth-order valence-corrected chi connectivity index (χ4v) is 5.52. The number of phenolic OH excluding ortho intramolecular Hbond substituents is 1. The van der Waals surface area contributed by atoms with Gasteiger partial charge in [-0.15, -0.1) is 0 Å². The molecule has 1 unspecified atom stereocenters. The smallest absolute Gasteiger partial charge is 0.408 e. The van der Waals surface area contributed by atoms with Crippen LogP contribution in [-0.4, -0.2) is 33.7 Å². The zero-order valence-electron chi connectivity index (χ0n) is 27.5. The number of amides is 2. The molecule has 0 spiro atoms. The number of oxazole rings is 1. The Hall–Kier alpha value is -4.83. The number of nitrogens with one attached hydrogen (secondary N) is 2. The van der Waals surface area contributed by atoms with Gasteiger partial charge in [-0.1, -0.05) is 75.0 Å². The van der Waals surface area contributed by atoms with E-state index in [1.54, 1.807) is 39.0 Å². The van der Waals surface area contributed by atoms with Crippen LogP contribution in [0, 0.1) is 20.8 Å². The standard InChI is InChI=1S/C37H39IN4O6/c1-22(2)32(35-40-29(20-39)33(47-35)23(3)26-14-10-11-15-30(26)43)42-34(44)28(41-36(45)48-37(4,5)6)19-25-16-17-31(27(38)18-25)46-21-24-12-8-7-9-13-24/h7-18,22,28,32,43H,3,19,21H2,1-2,4-6H3,(H,41,45)(H,42,44)/t28-,32?/m0/s1. The lowest BCUT2D eigenvalue weighted by molar-refractivity contribution is -0.124. The lowest BCUT2D eigenvalue weighted by atomic mass is 10.0. The minimum Gasteiger partial charge on any atom is -0.507 e. The van der Waals surface area contributed by atoms with E-state index in [0.29, 0.717) is 17.9 Å². The summed E-state index contributed by atoms with van der Waals surface area (Å²) in [5.74, 6) is 0.113. The summed E-state index contributed by atoms with van der Waals surface area (Å²) >= 11 is 2.19. The third-order valence-corrected chi connectivity index (χ3v) is 8.01. The van der Waals surface area contributed by atoms with Crippen LogP contribution in [0.1, 0.15) is 74.7 Å². The predicted molar refractivity (Wildman–Crippen MR) is 190 cm³/mol. The summed E-state index contributed by atoms with van der Waals surface area (Å²) in [7, 11) is 0. The number of ether oxygens (including phenoxy) is 2. The van der Waals surface area contributed by atoms with Gasteiger partial charge in [-0.25, -0.2) is 9.78 Å². The minimum atomic E-state index is -1.03. The van der Waals surface area contributed by atoms with Gasteiger partial charge in [0.25, 0.3) is 0 Å². The second kappa shape index (κ2) is 15.8. The van der Waals surface area contributed by atoms with Crippen molar-refractivity contribution in [2.24, 2.45) is 5.92 Å². The van der Waals surface area contributed by atoms with Crippen LogP contribution in [0.3, 0.4) is 0 Å². The Morgan fingerprint density at radius 1 is 1.04 bits per heavy atom. The number of hydrogen-bond donors (Lipinski definition) is 3. The Morgan fingerprint density at radius 3 is 2.35 bits per heavy atom. The molecule has 3 N–H and O–H groups in total. The number of aromatic nitrogens is 1. The molecule has 4 aromatic rings. The van der Waals surface area contributed by atoms with Crippen molar-refractivity contribution in [2.45, 2.75) is 65.3 Å².